The third-order valence-electron chi connectivity index (χ3n) is 2.93. The van der Waals surface area contributed by atoms with Gasteiger partial charge in [0, 0.05) is 22.3 Å². The minimum Gasteiger partial charge on any atom is -0.437 e. The smallest absolute Gasteiger partial charge is 0.215 e. The number of halogens is 2. The van der Waals surface area contributed by atoms with Crippen LogP contribution in [0.25, 0.3) is 11.0 Å². The number of nitrogen functional groups attached to an aromatic ring is 1. The molecule has 0 aliphatic rings. The molecule has 102 valence electrons. The first-order chi connectivity index (χ1) is 9.69. The van der Waals surface area contributed by atoms with Crippen molar-refractivity contribution in [3.05, 3.63) is 47.2 Å². The standard InChI is InChI=1S/C14H11ClFN3O/c15-8-2-1-3-9(6-8)19-12-10-4-5-18-11(7-16)13(10)20-14(12)17/h1-6,19H,7,17H2. The molecule has 0 saturated heterocycles. The first-order valence-electron chi connectivity index (χ1n) is 5.93. The van der Waals surface area contributed by atoms with Crippen LogP contribution < -0.4 is 11.1 Å². The number of hydrogen-bond donors (Lipinski definition) is 2. The van der Waals surface area contributed by atoms with Crippen LogP contribution in [0.15, 0.2) is 40.9 Å². The molecule has 0 radical (unpaired) electrons. The van der Waals surface area contributed by atoms with Gasteiger partial charge in [-0.25, -0.2) is 4.39 Å². The number of benzene rings is 1. The molecule has 0 atom stereocenters. The van der Waals surface area contributed by atoms with Gasteiger partial charge in [-0.2, -0.15) is 0 Å². The van der Waals surface area contributed by atoms with Gasteiger partial charge in [-0.1, -0.05) is 17.7 Å². The first kappa shape index (κ1) is 12.7. The highest BCUT2D eigenvalue weighted by Crippen LogP contribution is 2.36. The Bertz CT molecular complexity index is 772. The Kier molecular flexibility index (Phi) is 3.20. The molecule has 0 fully saturated rings. The monoisotopic (exact) mass is 291 g/mol. The highest BCUT2D eigenvalue weighted by molar-refractivity contribution is 6.30. The van der Waals surface area contributed by atoms with Gasteiger partial charge in [0.05, 0.1) is 0 Å². The molecule has 20 heavy (non-hydrogen) atoms. The second-order valence-corrected chi connectivity index (χ2v) is 4.68. The molecular weight excluding hydrogens is 281 g/mol. The number of aromatic nitrogens is 1. The summed E-state index contributed by atoms with van der Waals surface area (Å²) in [7, 11) is 0. The number of alkyl halides is 1. The van der Waals surface area contributed by atoms with Crippen molar-refractivity contribution in [3.63, 3.8) is 0 Å². The molecule has 0 aliphatic heterocycles. The Labute approximate surface area is 119 Å². The maximum atomic E-state index is 12.9. The zero-order chi connectivity index (χ0) is 14.1. The average molecular weight is 292 g/mol. The summed E-state index contributed by atoms with van der Waals surface area (Å²) in [6.07, 6.45) is 1.52. The zero-order valence-electron chi connectivity index (χ0n) is 10.4. The van der Waals surface area contributed by atoms with Crippen molar-refractivity contribution >= 4 is 39.8 Å². The van der Waals surface area contributed by atoms with Crippen molar-refractivity contribution in [2.45, 2.75) is 6.67 Å². The Morgan fingerprint density at radius 1 is 1.35 bits per heavy atom. The number of anilines is 3. The zero-order valence-corrected chi connectivity index (χ0v) is 11.1. The van der Waals surface area contributed by atoms with E-state index in [4.69, 9.17) is 21.8 Å². The third-order valence-corrected chi connectivity index (χ3v) is 3.16. The lowest BCUT2D eigenvalue weighted by molar-refractivity contribution is 0.472. The molecule has 0 spiro atoms. The van der Waals surface area contributed by atoms with Gasteiger partial charge in [0.1, 0.15) is 18.1 Å². The second kappa shape index (κ2) is 5.02. The van der Waals surface area contributed by atoms with Crippen LogP contribution in [0.2, 0.25) is 5.02 Å². The van der Waals surface area contributed by atoms with Gasteiger partial charge < -0.3 is 15.5 Å². The largest absolute Gasteiger partial charge is 0.437 e. The molecule has 1 aromatic carbocycles. The molecule has 0 amide bonds. The number of nitrogens with one attached hydrogen (secondary N) is 1. The van der Waals surface area contributed by atoms with Crippen LogP contribution in [0.3, 0.4) is 0 Å². The normalized spacial score (nSPS) is 10.9. The minimum atomic E-state index is -0.707. The topological polar surface area (TPSA) is 64.1 Å². The van der Waals surface area contributed by atoms with Gasteiger partial charge in [0.25, 0.3) is 0 Å². The minimum absolute atomic E-state index is 0.183. The number of nitrogens with two attached hydrogens (primary N) is 1. The van der Waals surface area contributed by atoms with E-state index in [9.17, 15) is 4.39 Å². The molecule has 4 nitrogen and oxygen atoms in total. The molecule has 0 bridgehead atoms. The molecule has 2 heterocycles. The van der Waals surface area contributed by atoms with Gasteiger partial charge >= 0.3 is 0 Å². The SMILES string of the molecule is Nc1oc2c(CF)nccc2c1Nc1cccc(Cl)c1. The van der Waals surface area contributed by atoms with E-state index in [1.165, 1.54) is 6.20 Å². The van der Waals surface area contributed by atoms with E-state index < -0.39 is 6.67 Å². The van der Waals surface area contributed by atoms with E-state index in [1.54, 1.807) is 18.2 Å². The van der Waals surface area contributed by atoms with Gasteiger partial charge in [0.2, 0.25) is 5.88 Å². The van der Waals surface area contributed by atoms with Gasteiger partial charge in [0.15, 0.2) is 5.58 Å². The third kappa shape index (κ3) is 2.16. The van der Waals surface area contributed by atoms with E-state index in [0.29, 0.717) is 21.7 Å². The van der Waals surface area contributed by atoms with Crippen molar-refractivity contribution in [1.82, 2.24) is 4.98 Å². The molecule has 0 unspecified atom stereocenters. The summed E-state index contributed by atoms with van der Waals surface area (Å²) in [4.78, 5) is 3.93. The van der Waals surface area contributed by atoms with Crippen LogP contribution in [-0.4, -0.2) is 4.98 Å². The fourth-order valence-corrected chi connectivity index (χ4v) is 2.22. The fraction of sp³-hybridized carbons (Fsp3) is 0.0714. The number of fused-ring (bicyclic) bond motifs is 1. The molecule has 2 aromatic heterocycles. The lowest BCUT2D eigenvalue weighted by Gasteiger charge is -2.05. The lowest BCUT2D eigenvalue weighted by Crippen LogP contribution is -1.93. The maximum Gasteiger partial charge on any atom is 0.215 e. The Hall–Kier alpha value is -2.27. The Balaban J connectivity index is 2.10. The number of rotatable bonds is 3. The average Bonchev–Trinajstić information content (AvgIpc) is 2.75. The van der Waals surface area contributed by atoms with Crippen LogP contribution >= 0.6 is 11.6 Å². The summed E-state index contributed by atoms with van der Waals surface area (Å²) in [6.45, 7) is -0.707. The quantitative estimate of drug-likeness (QED) is 0.756. The number of nitrogens with zero attached hydrogens (tertiary/aromatic N) is 1. The number of furan rings is 1. The molecule has 3 N–H and O–H groups in total. The Morgan fingerprint density at radius 3 is 2.95 bits per heavy atom. The van der Waals surface area contributed by atoms with Crippen LogP contribution in [0.5, 0.6) is 0 Å². The van der Waals surface area contributed by atoms with E-state index in [-0.39, 0.29) is 11.6 Å². The lowest BCUT2D eigenvalue weighted by atomic mass is 10.2. The fourth-order valence-electron chi connectivity index (χ4n) is 2.03. The predicted molar refractivity (Wildman–Crippen MR) is 78.0 cm³/mol. The van der Waals surface area contributed by atoms with E-state index >= 15 is 0 Å². The summed E-state index contributed by atoms with van der Waals surface area (Å²) in [6, 6.07) is 8.92. The van der Waals surface area contributed by atoms with Crippen LogP contribution in [0, 0.1) is 0 Å². The first-order valence-corrected chi connectivity index (χ1v) is 6.31. The van der Waals surface area contributed by atoms with E-state index in [1.807, 2.05) is 12.1 Å². The maximum absolute atomic E-state index is 12.9. The van der Waals surface area contributed by atoms with Crippen molar-refractivity contribution < 1.29 is 8.81 Å². The van der Waals surface area contributed by atoms with Crippen LogP contribution in [0.1, 0.15) is 5.69 Å². The Morgan fingerprint density at radius 2 is 2.20 bits per heavy atom. The number of pyridine rings is 1. The van der Waals surface area contributed by atoms with Crippen molar-refractivity contribution in [2.24, 2.45) is 0 Å². The van der Waals surface area contributed by atoms with Gasteiger partial charge in [-0.15, -0.1) is 0 Å². The van der Waals surface area contributed by atoms with Crippen molar-refractivity contribution in [2.75, 3.05) is 11.1 Å². The van der Waals surface area contributed by atoms with E-state index in [2.05, 4.69) is 10.3 Å². The van der Waals surface area contributed by atoms with Crippen molar-refractivity contribution in [3.8, 4) is 0 Å². The summed E-state index contributed by atoms with van der Waals surface area (Å²) in [5, 5.41) is 4.42. The predicted octanol–water partition coefficient (Wildman–Crippen LogP) is 4.28. The van der Waals surface area contributed by atoms with E-state index in [0.717, 1.165) is 5.69 Å². The molecule has 3 aromatic rings. The molecule has 6 heteroatoms. The van der Waals surface area contributed by atoms with Gasteiger partial charge in [-0.05, 0) is 24.3 Å². The number of hydrogen-bond acceptors (Lipinski definition) is 4. The molecule has 0 aliphatic carbocycles. The summed E-state index contributed by atoms with van der Waals surface area (Å²) < 4.78 is 18.3. The molecular formula is C14H11ClFN3O. The summed E-state index contributed by atoms with van der Waals surface area (Å²) in [5.41, 5.74) is 7.79. The van der Waals surface area contributed by atoms with Crippen LogP contribution in [-0.2, 0) is 6.67 Å². The summed E-state index contributed by atoms with van der Waals surface area (Å²) in [5.74, 6) is 0.183. The highest BCUT2D eigenvalue weighted by Gasteiger charge is 2.15. The van der Waals surface area contributed by atoms with Crippen molar-refractivity contribution in [1.29, 1.82) is 0 Å². The second-order valence-electron chi connectivity index (χ2n) is 4.24. The summed E-state index contributed by atoms with van der Waals surface area (Å²) >= 11 is 5.94. The molecule has 3 rings (SSSR count). The molecule has 0 saturated carbocycles. The van der Waals surface area contributed by atoms with Gasteiger partial charge in [-0.3, -0.25) is 4.98 Å². The van der Waals surface area contributed by atoms with Crippen LogP contribution in [0.4, 0.5) is 21.6 Å². The highest BCUT2D eigenvalue weighted by atomic mass is 35.5.